The van der Waals surface area contributed by atoms with Gasteiger partial charge in [-0.25, -0.2) is 0 Å². The first kappa shape index (κ1) is 14.3. The molecule has 5 heteroatoms. The van der Waals surface area contributed by atoms with Gasteiger partial charge in [-0.2, -0.15) is 0 Å². The molecule has 112 valence electrons. The number of anilines is 1. The Morgan fingerprint density at radius 3 is 2.95 bits per heavy atom. The Labute approximate surface area is 126 Å². The molecule has 3 rings (SSSR count). The van der Waals surface area contributed by atoms with Gasteiger partial charge in [0, 0.05) is 12.6 Å². The quantitative estimate of drug-likeness (QED) is 0.902. The van der Waals surface area contributed by atoms with E-state index in [2.05, 4.69) is 27.3 Å². The van der Waals surface area contributed by atoms with Crippen LogP contribution in [0.25, 0.3) is 0 Å². The molecule has 1 aliphatic heterocycles. The zero-order chi connectivity index (χ0) is 13.8. The number of likely N-dealkylation sites (tertiary alicyclic amines) is 1. The van der Waals surface area contributed by atoms with Crippen LogP contribution in [0.15, 0.2) is 0 Å². The lowest BCUT2D eigenvalue weighted by Crippen LogP contribution is -2.46. The van der Waals surface area contributed by atoms with Crippen molar-refractivity contribution in [2.24, 2.45) is 5.92 Å². The Hall–Kier alpha value is -0.680. The standard InChI is InChI=1S/C15H26N4S/c1-2-9-16-15-18-17-14(20-15)11-19-10-5-7-12-6-3-4-8-13(12)19/h12-13H,2-11H2,1H3,(H,16,18). The highest BCUT2D eigenvalue weighted by Crippen LogP contribution is 2.36. The summed E-state index contributed by atoms with van der Waals surface area (Å²) in [5.41, 5.74) is 0. The second-order valence-electron chi connectivity index (χ2n) is 6.15. The summed E-state index contributed by atoms with van der Waals surface area (Å²) in [5, 5.41) is 14.1. The van der Waals surface area contributed by atoms with Crippen LogP contribution < -0.4 is 5.32 Å². The Morgan fingerprint density at radius 2 is 2.05 bits per heavy atom. The van der Waals surface area contributed by atoms with Crippen LogP contribution in [-0.2, 0) is 6.54 Å². The highest BCUT2D eigenvalue weighted by molar-refractivity contribution is 7.15. The van der Waals surface area contributed by atoms with Gasteiger partial charge >= 0.3 is 0 Å². The minimum absolute atomic E-state index is 0.813. The molecule has 1 aromatic heterocycles. The van der Waals surface area contributed by atoms with Crippen molar-refractivity contribution in [1.29, 1.82) is 0 Å². The van der Waals surface area contributed by atoms with Crippen molar-refractivity contribution in [1.82, 2.24) is 15.1 Å². The number of nitrogens with one attached hydrogen (secondary N) is 1. The molecular weight excluding hydrogens is 268 g/mol. The molecule has 2 unspecified atom stereocenters. The summed E-state index contributed by atoms with van der Waals surface area (Å²) in [6.07, 6.45) is 9.63. The first-order valence-corrected chi connectivity index (χ1v) is 8.98. The summed E-state index contributed by atoms with van der Waals surface area (Å²) in [6, 6.07) is 0.813. The van der Waals surface area contributed by atoms with Crippen molar-refractivity contribution in [2.75, 3.05) is 18.4 Å². The van der Waals surface area contributed by atoms with Crippen LogP contribution >= 0.6 is 11.3 Å². The van der Waals surface area contributed by atoms with Crippen molar-refractivity contribution in [3.8, 4) is 0 Å². The van der Waals surface area contributed by atoms with E-state index in [1.807, 2.05) is 0 Å². The van der Waals surface area contributed by atoms with Crippen LogP contribution in [0.5, 0.6) is 0 Å². The molecule has 0 bridgehead atoms. The van der Waals surface area contributed by atoms with Crippen molar-refractivity contribution in [2.45, 2.75) is 64.5 Å². The van der Waals surface area contributed by atoms with E-state index >= 15 is 0 Å². The Bertz CT molecular complexity index is 418. The van der Waals surface area contributed by atoms with Gasteiger partial charge in [-0.15, -0.1) is 10.2 Å². The van der Waals surface area contributed by atoms with Crippen LogP contribution in [0.2, 0.25) is 0 Å². The second-order valence-corrected chi connectivity index (χ2v) is 7.21. The first-order chi connectivity index (χ1) is 9.86. The molecule has 1 N–H and O–H groups in total. The fourth-order valence-corrected chi connectivity index (χ4v) is 4.51. The molecule has 0 spiro atoms. The molecule has 1 aliphatic carbocycles. The lowest BCUT2D eigenvalue weighted by atomic mass is 9.78. The number of hydrogen-bond donors (Lipinski definition) is 1. The van der Waals surface area contributed by atoms with Gasteiger partial charge in [-0.3, -0.25) is 4.90 Å². The topological polar surface area (TPSA) is 41.1 Å². The fraction of sp³-hybridized carbons (Fsp3) is 0.867. The van der Waals surface area contributed by atoms with Gasteiger partial charge in [0.15, 0.2) is 0 Å². The number of fused-ring (bicyclic) bond motifs is 1. The van der Waals surface area contributed by atoms with Crippen LogP contribution in [0.1, 0.15) is 56.9 Å². The molecule has 1 aromatic rings. The van der Waals surface area contributed by atoms with Crippen molar-refractivity contribution in [3.05, 3.63) is 5.01 Å². The molecule has 0 amide bonds. The fourth-order valence-electron chi connectivity index (χ4n) is 3.72. The van der Waals surface area contributed by atoms with E-state index in [0.717, 1.165) is 36.6 Å². The molecule has 0 aromatic carbocycles. The SMILES string of the molecule is CCCNc1nnc(CN2CCCC3CCCCC32)s1. The van der Waals surface area contributed by atoms with Gasteiger partial charge in [-0.05, 0) is 44.6 Å². The Balaban J connectivity index is 1.59. The van der Waals surface area contributed by atoms with E-state index in [1.54, 1.807) is 11.3 Å². The monoisotopic (exact) mass is 294 g/mol. The van der Waals surface area contributed by atoms with E-state index in [0.29, 0.717) is 0 Å². The van der Waals surface area contributed by atoms with Gasteiger partial charge < -0.3 is 5.32 Å². The zero-order valence-corrected chi connectivity index (χ0v) is 13.3. The highest BCUT2D eigenvalue weighted by Gasteiger charge is 2.33. The lowest BCUT2D eigenvalue weighted by Gasteiger charge is -2.43. The first-order valence-electron chi connectivity index (χ1n) is 8.17. The number of nitrogens with zero attached hydrogens (tertiary/aromatic N) is 3. The second kappa shape index (κ2) is 6.85. The van der Waals surface area contributed by atoms with E-state index in [9.17, 15) is 0 Å². The van der Waals surface area contributed by atoms with Crippen molar-refractivity contribution < 1.29 is 0 Å². The number of hydrogen-bond acceptors (Lipinski definition) is 5. The molecule has 2 atom stereocenters. The van der Waals surface area contributed by atoms with Gasteiger partial charge in [0.1, 0.15) is 5.01 Å². The predicted octanol–water partition coefficient (Wildman–Crippen LogP) is 3.51. The van der Waals surface area contributed by atoms with Crippen LogP contribution in [0, 0.1) is 5.92 Å². The molecule has 2 aliphatic rings. The summed E-state index contributed by atoms with van der Waals surface area (Å²) >= 11 is 1.73. The van der Waals surface area contributed by atoms with Crippen LogP contribution in [-0.4, -0.2) is 34.2 Å². The van der Waals surface area contributed by atoms with E-state index in [1.165, 1.54) is 50.1 Å². The molecule has 20 heavy (non-hydrogen) atoms. The molecular formula is C15H26N4S. The summed E-state index contributed by atoms with van der Waals surface area (Å²) in [4.78, 5) is 2.68. The zero-order valence-electron chi connectivity index (χ0n) is 12.5. The van der Waals surface area contributed by atoms with Gasteiger partial charge in [0.05, 0.1) is 6.54 Å². The molecule has 1 saturated carbocycles. The van der Waals surface area contributed by atoms with Crippen LogP contribution in [0.3, 0.4) is 0 Å². The summed E-state index contributed by atoms with van der Waals surface area (Å²) < 4.78 is 0. The van der Waals surface area contributed by atoms with Crippen molar-refractivity contribution >= 4 is 16.5 Å². The smallest absolute Gasteiger partial charge is 0.205 e. The Morgan fingerprint density at radius 1 is 1.20 bits per heavy atom. The third-order valence-corrected chi connectivity index (χ3v) is 5.56. The normalized spacial score (nSPS) is 27.2. The summed E-state index contributed by atoms with van der Waals surface area (Å²) in [7, 11) is 0. The molecule has 0 radical (unpaired) electrons. The number of rotatable bonds is 5. The summed E-state index contributed by atoms with van der Waals surface area (Å²) in [6.45, 7) is 5.42. The van der Waals surface area contributed by atoms with Gasteiger partial charge in [0.25, 0.3) is 0 Å². The van der Waals surface area contributed by atoms with Gasteiger partial charge in [0.2, 0.25) is 5.13 Å². The van der Waals surface area contributed by atoms with Gasteiger partial charge in [-0.1, -0.05) is 31.1 Å². The molecule has 1 saturated heterocycles. The third-order valence-electron chi connectivity index (χ3n) is 4.69. The maximum absolute atomic E-state index is 4.37. The van der Waals surface area contributed by atoms with E-state index < -0.39 is 0 Å². The average molecular weight is 294 g/mol. The summed E-state index contributed by atoms with van der Waals surface area (Å²) in [5.74, 6) is 0.947. The van der Waals surface area contributed by atoms with Crippen molar-refractivity contribution in [3.63, 3.8) is 0 Å². The number of piperidine rings is 1. The van der Waals surface area contributed by atoms with Crippen LogP contribution in [0.4, 0.5) is 5.13 Å². The minimum atomic E-state index is 0.813. The van der Waals surface area contributed by atoms with E-state index in [-0.39, 0.29) is 0 Å². The number of aromatic nitrogens is 2. The molecule has 2 fully saturated rings. The predicted molar refractivity (Wildman–Crippen MR) is 84.1 cm³/mol. The maximum atomic E-state index is 4.37. The molecule has 2 heterocycles. The average Bonchev–Trinajstić information content (AvgIpc) is 2.93. The minimum Gasteiger partial charge on any atom is -0.360 e. The maximum Gasteiger partial charge on any atom is 0.205 e. The largest absolute Gasteiger partial charge is 0.360 e. The lowest BCUT2D eigenvalue weighted by molar-refractivity contribution is 0.0545. The highest BCUT2D eigenvalue weighted by atomic mass is 32.1. The van der Waals surface area contributed by atoms with E-state index in [4.69, 9.17) is 0 Å². The molecule has 4 nitrogen and oxygen atoms in total. The third kappa shape index (κ3) is 3.31. The Kier molecular flexibility index (Phi) is 4.89.